The smallest absolute Gasteiger partial charge is 0.317 e. The summed E-state index contributed by atoms with van der Waals surface area (Å²) in [7, 11) is 0. The van der Waals surface area contributed by atoms with Crippen molar-refractivity contribution in [2.75, 3.05) is 11.1 Å². The third-order valence-corrected chi connectivity index (χ3v) is 3.17. The average Bonchev–Trinajstić information content (AvgIpc) is 2.51. The van der Waals surface area contributed by atoms with Crippen LogP contribution in [-0.4, -0.2) is 20.7 Å². The highest BCUT2D eigenvalue weighted by atomic mass is 16.2. The van der Waals surface area contributed by atoms with E-state index in [0.29, 0.717) is 5.69 Å². The van der Waals surface area contributed by atoms with Crippen molar-refractivity contribution in [3.05, 3.63) is 52.8 Å². The molecular weight excluding hydrogens is 282 g/mol. The number of nitrogens with two attached hydrogens (primary N) is 1. The molecule has 1 heterocycles. The molecule has 0 radical (unpaired) electrons. The molecular formula is C15H13N5O2. The largest absolute Gasteiger partial charge is 0.378 e. The van der Waals surface area contributed by atoms with Gasteiger partial charge in [-0.1, -0.05) is 36.4 Å². The van der Waals surface area contributed by atoms with E-state index in [1.165, 1.54) is 6.92 Å². The fourth-order valence-corrected chi connectivity index (χ4v) is 2.15. The molecule has 22 heavy (non-hydrogen) atoms. The van der Waals surface area contributed by atoms with Gasteiger partial charge >= 0.3 is 5.56 Å². The average molecular weight is 295 g/mol. The first-order chi connectivity index (χ1) is 10.6. The van der Waals surface area contributed by atoms with Crippen LogP contribution in [0.4, 0.5) is 17.5 Å². The van der Waals surface area contributed by atoms with Gasteiger partial charge in [0.1, 0.15) is 0 Å². The number of nitrogens with one attached hydrogen (secondary N) is 1. The molecule has 3 aromatic rings. The van der Waals surface area contributed by atoms with Crippen LogP contribution in [0, 0.1) is 0 Å². The minimum Gasteiger partial charge on any atom is -0.378 e. The van der Waals surface area contributed by atoms with Gasteiger partial charge in [-0.15, -0.1) is 5.10 Å². The lowest BCUT2D eigenvalue weighted by Crippen LogP contribution is -2.25. The minimum absolute atomic E-state index is 0.0306. The molecule has 0 bridgehead atoms. The lowest BCUT2D eigenvalue weighted by Gasteiger charge is -2.12. The lowest BCUT2D eigenvalue weighted by molar-refractivity contribution is 0.0921. The first kappa shape index (κ1) is 13.7. The SMILES string of the molecule is CC(=O)n1nc(N)c(=O)nc1Nc1cccc2ccccc12. The zero-order chi connectivity index (χ0) is 15.7. The highest BCUT2D eigenvalue weighted by molar-refractivity contribution is 5.95. The van der Waals surface area contributed by atoms with Crippen molar-refractivity contribution in [3.8, 4) is 0 Å². The molecule has 0 atom stereocenters. The molecule has 0 amide bonds. The summed E-state index contributed by atoms with van der Waals surface area (Å²) in [6, 6.07) is 13.4. The molecule has 0 saturated heterocycles. The van der Waals surface area contributed by atoms with Gasteiger partial charge in [0.2, 0.25) is 17.7 Å². The van der Waals surface area contributed by atoms with Gasteiger partial charge in [0.05, 0.1) is 0 Å². The normalized spacial score (nSPS) is 10.6. The molecule has 0 aliphatic rings. The molecule has 7 nitrogen and oxygen atoms in total. The molecule has 0 unspecified atom stereocenters. The van der Waals surface area contributed by atoms with Crippen molar-refractivity contribution in [1.82, 2.24) is 14.8 Å². The van der Waals surface area contributed by atoms with Gasteiger partial charge in [-0.3, -0.25) is 9.59 Å². The first-order valence-electron chi connectivity index (χ1n) is 6.59. The Morgan fingerprint density at radius 3 is 2.68 bits per heavy atom. The summed E-state index contributed by atoms with van der Waals surface area (Å²) in [4.78, 5) is 27.0. The number of hydrogen-bond donors (Lipinski definition) is 2. The maximum Gasteiger partial charge on any atom is 0.317 e. The first-order valence-corrected chi connectivity index (χ1v) is 6.59. The van der Waals surface area contributed by atoms with E-state index in [1.807, 2.05) is 42.5 Å². The molecule has 0 aliphatic carbocycles. The van der Waals surface area contributed by atoms with Gasteiger partial charge in [-0.25, -0.2) is 0 Å². The Labute approximate surface area is 125 Å². The van der Waals surface area contributed by atoms with Gasteiger partial charge in [0.25, 0.3) is 0 Å². The van der Waals surface area contributed by atoms with Crippen molar-refractivity contribution < 1.29 is 4.79 Å². The van der Waals surface area contributed by atoms with Crippen LogP contribution in [0.3, 0.4) is 0 Å². The molecule has 110 valence electrons. The summed E-state index contributed by atoms with van der Waals surface area (Å²) in [5, 5.41) is 8.69. The maximum atomic E-state index is 11.6. The summed E-state index contributed by atoms with van der Waals surface area (Å²) in [5.41, 5.74) is 5.46. The quantitative estimate of drug-likeness (QED) is 0.747. The van der Waals surface area contributed by atoms with Gasteiger partial charge < -0.3 is 11.1 Å². The predicted molar refractivity (Wildman–Crippen MR) is 84.2 cm³/mol. The topological polar surface area (TPSA) is 103 Å². The monoisotopic (exact) mass is 295 g/mol. The minimum atomic E-state index is -0.680. The van der Waals surface area contributed by atoms with E-state index in [4.69, 9.17) is 5.73 Å². The number of nitrogens with zero attached hydrogens (tertiary/aromatic N) is 3. The second kappa shape index (κ2) is 5.28. The van der Waals surface area contributed by atoms with Crippen LogP contribution in [0.1, 0.15) is 11.7 Å². The lowest BCUT2D eigenvalue weighted by atomic mass is 10.1. The van der Waals surface area contributed by atoms with Crippen molar-refractivity contribution in [2.45, 2.75) is 6.92 Å². The van der Waals surface area contributed by atoms with E-state index in [1.54, 1.807) is 0 Å². The van der Waals surface area contributed by atoms with Crippen molar-refractivity contribution in [2.24, 2.45) is 0 Å². The number of rotatable bonds is 2. The Morgan fingerprint density at radius 2 is 1.91 bits per heavy atom. The summed E-state index contributed by atoms with van der Waals surface area (Å²) >= 11 is 0. The van der Waals surface area contributed by atoms with E-state index in [-0.39, 0.29) is 11.8 Å². The van der Waals surface area contributed by atoms with Gasteiger partial charge in [-0.05, 0) is 11.5 Å². The van der Waals surface area contributed by atoms with E-state index >= 15 is 0 Å². The Hall–Kier alpha value is -3.22. The van der Waals surface area contributed by atoms with Crippen LogP contribution < -0.4 is 16.6 Å². The number of fused-ring (bicyclic) bond motifs is 1. The molecule has 0 saturated carbocycles. The second-order valence-electron chi connectivity index (χ2n) is 4.71. The maximum absolute atomic E-state index is 11.6. The Balaban J connectivity index is 2.15. The molecule has 0 aliphatic heterocycles. The number of aromatic nitrogens is 3. The van der Waals surface area contributed by atoms with Crippen molar-refractivity contribution in [3.63, 3.8) is 0 Å². The van der Waals surface area contributed by atoms with Crippen LogP contribution in [0.25, 0.3) is 10.8 Å². The second-order valence-corrected chi connectivity index (χ2v) is 4.71. The predicted octanol–water partition coefficient (Wildman–Crippen LogP) is 1.78. The standard InChI is InChI=1S/C15H13N5O2/c1-9(21)20-15(18-14(22)13(16)19-20)17-12-8-4-6-10-5-2-3-7-11(10)12/h2-8H,1H3,(H2,16,19)(H,17,18,22). The highest BCUT2D eigenvalue weighted by Gasteiger charge is 2.12. The number of benzene rings is 2. The van der Waals surface area contributed by atoms with E-state index in [9.17, 15) is 9.59 Å². The zero-order valence-electron chi connectivity index (χ0n) is 11.8. The Bertz CT molecular complexity index is 927. The van der Waals surface area contributed by atoms with Crippen LogP contribution in [0.15, 0.2) is 47.3 Å². The third-order valence-electron chi connectivity index (χ3n) is 3.17. The highest BCUT2D eigenvalue weighted by Crippen LogP contribution is 2.25. The number of nitrogen functional groups attached to an aromatic ring is 1. The summed E-state index contributed by atoms with van der Waals surface area (Å²) in [6.45, 7) is 1.31. The number of carbonyl (C=O) groups excluding carboxylic acids is 1. The summed E-state index contributed by atoms with van der Waals surface area (Å²) in [6.07, 6.45) is 0. The molecule has 1 aromatic heterocycles. The molecule has 3 rings (SSSR count). The van der Waals surface area contributed by atoms with Crippen LogP contribution in [-0.2, 0) is 0 Å². The number of carbonyl (C=O) groups is 1. The number of hydrogen-bond acceptors (Lipinski definition) is 6. The van der Waals surface area contributed by atoms with E-state index in [2.05, 4.69) is 15.4 Å². The Kier molecular flexibility index (Phi) is 3.30. The fourth-order valence-electron chi connectivity index (χ4n) is 2.15. The van der Waals surface area contributed by atoms with E-state index < -0.39 is 11.5 Å². The molecule has 2 aromatic carbocycles. The molecule has 7 heteroatoms. The number of anilines is 3. The van der Waals surface area contributed by atoms with Gasteiger partial charge in [-0.2, -0.15) is 9.67 Å². The zero-order valence-corrected chi connectivity index (χ0v) is 11.8. The summed E-state index contributed by atoms with van der Waals surface area (Å²) in [5.74, 6) is -0.691. The van der Waals surface area contributed by atoms with Crippen LogP contribution in [0.2, 0.25) is 0 Å². The van der Waals surface area contributed by atoms with E-state index in [0.717, 1.165) is 15.5 Å². The van der Waals surface area contributed by atoms with Crippen LogP contribution in [0.5, 0.6) is 0 Å². The Morgan fingerprint density at radius 1 is 1.18 bits per heavy atom. The third kappa shape index (κ3) is 2.39. The molecule has 0 spiro atoms. The van der Waals surface area contributed by atoms with Gasteiger partial charge in [0, 0.05) is 18.0 Å². The van der Waals surface area contributed by atoms with Crippen molar-refractivity contribution >= 4 is 34.1 Å². The molecule has 0 fully saturated rings. The van der Waals surface area contributed by atoms with Crippen LogP contribution >= 0.6 is 0 Å². The van der Waals surface area contributed by atoms with Crippen molar-refractivity contribution in [1.29, 1.82) is 0 Å². The molecule has 3 N–H and O–H groups in total. The fraction of sp³-hybridized carbons (Fsp3) is 0.0667. The van der Waals surface area contributed by atoms with Gasteiger partial charge in [0.15, 0.2) is 0 Å². The summed E-state index contributed by atoms with van der Waals surface area (Å²) < 4.78 is 0.971.